The summed E-state index contributed by atoms with van der Waals surface area (Å²) >= 11 is 0. The topological polar surface area (TPSA) is 29.1 Å². The molecule has 0 aromatic carbocycles. The van der Waals surface area contributed by atoms with E-state index in [0.29, 0.717) is 12.8 Å². The van der Waals surface area contributed by atoms with Crippen LogP contribution in [0.25, 0.3) is 0 Å². The van der Waals surface area contributed by atoms with Gasteiger partial charge in [0.1, 0.15) is 0 Å². The Hall–Kier alpha value is -0.810. The second-order valence-corrected chi connectivity index (χ2v) is 4.44. The molecule has 0 spiro atoms. The Balaban J connectivity index is 2.48. The van der Waals surface area contributed by atoms with E-state index in [-0.39, 0.29) is 0 Å². The van der Waals surface area contributed by atoms with E-state index in [4.69, 9.17) is 0 Å². The summed E-state index contributed by atoms with van der Waals surface area (Å²) in [4.78, 5) is 11.0. The summed E-state index contributed by atoms with van der Waals surface area (Å²) < 4.78 is 49.3. The Morgan fingerprint density at radius 1 is 1.06 bits per heavy atom. The first-order valence-electron chi connectivity index (χ1n) is 5.91. The molecule has 0 aromatic rings. The molecule has 0 heterocycles. The molecule has 100 valence electrons. The Kier molecular flexibility index (Phi) is 5.21. The molecule has 1 aliphatic carbocycles. The van der Waals surface area contributed by atoms with Gasteiger partial charge < -0.3 is 5.32 Å². The van der Waals surface area contributed by atoms with Crippen molar-refractivity contribution in [2.75, 3.05) is 0 Å². The van der Waals surface area contributed by atoms with Gasteiger partial charge in [-0.2, -0.15) is 8.78 Å². The lowest BCUT2D eigenvalue weighted by atomic mass is 9.96. The summed E-state index contributed by atoms with van der Waals surface area (Å²) in [5, 5.41) is 2.04. The largest absolute Gasteiger partial charge is 0.383 e. The number of halogens is 4. The van der Waals surface area contributed by atoms with Gasteiger partial charge >= 0.3 is 12.3 Å². The van der Waals surface area contributed by atoms with Gasteiger partial charge in [-0.15, -0.1) is 0 Å². The van der Waals surface area contributed by atoms with Gasteiger partial charge in [0.05, 0.1) is 0 Å². The second kappa shape index (κ2) is 6.21. The highest BCUT2D eigenvalue weighted by Crippen LogP contribution is 2.24. The summed E-state index contributed by atoms with van der Waals surface area (Å²) in [6.45, 7) is 0. The molecule has 0 bridgehead atoms. The fourth-order valence-corrected chi connectivity index (χ4v) is 1.98. The maximum Gasteiger partial charge on any atom is 0.383 e. The molecular weight excluding hydrogens is 238 g/mol. The van der Waals surface area contributed by atoms with E-state index >= 15 is 0 Å². The second-order valence-electron chi connectivity index (χ2n) is 4.44. The summed E-state index contributed by atoms with van der Waals surface area (Å²) in [7, 11) is 0. The number of hydrogen-bond donors (Lipinski definition) is 1. The molecule has 0 aliphatic heterocycles. The highest BCUT2D eigenvalue weighted by Gasteiger charge is 2.49. The molecule has 1 aliphatic rings. The van der Waals surface area contributed by atoms with Gasteiger partial charge in [0.2, 0.25) is 0 Å². The number of amides is 1. The maximum atomic E-state index is 12.7. The van der Waals surface area contributed by atoms with E-state index in [1.807, 2.05) is 5.32 Å². The van der Waals surface area contributed by atoms with Crippen LogP contribution < -0.4 is 5.32 Å². The van der Waals surface area contributed by atoms with E-state index in [1.54, 1.807) is 0 Å². The molecule has 1 rings (SSSR count). The average Bonchev–Trinajstić information content (AvgIpc) is 2.21. The first-order chi connectivity index (χ1) is 7.94. The van der Waals surface area contributed by atoms with Crippen LogP contribution in [0.1, 0.15) is 44.9 Å². The van der Waals surface area contributed by atoms with Crippen LogP contribution in [0.15, 0.2) is 0 Å². The van der Waals surface area contributed by atoms with Crippen LogP contribution in [0.5, 0.6) is 0 Å². The molecule has 1 fully saturated rings. The van der Waals surface area contributed by atoms with Gasteiger partial charge in [0.25, 0.3) is 5.91 Å². The zero-order valence-corrected chi connectivity index (χ0v) is 9.52. The summed E-state index contributed by atoms with van der Waals surface area (Å²) in [5.41, 5.74) is 0. The third-order valence-electron chi connectivity index (χ3n) is 3.02. The molecule has 0 radical (unpaired) electrons. The van der Waals surface area contributed by atoms with Gasteiger partial charge in [0.15, 0.2) is 0 Å². The molecule has 2 nitrogen and oxygen atoms in total. The lowest BCUT2D eigenvalue weighted by Crippen LogP contribution is -2.49. The molecular formula is C11H17F4NO. The first kappa shape index (κ1) is 14.3. The lowest BCUT2D eigenvalue weighted by Gasteiger charge is -2.23. The summed E-state index contributed by atoms with van der Waals surface area (Å²) in [6.07, 6.45) is 2.01. The van der Waals surface area contributed by atoms with Crippen LogP contribution in [0.2, 0.25) is 0 Å². The van der Waals surface area contributed by atoms with Crippen molar-refractivity contribution in [2.24, 2.45) is 0 Å². The number of carbonyl (C=O) groups is 1. The van der Waals surface area contributed by atoms with Crippen molar-refractivity contribution >= 4 is 5.91 Å². The van der Waals surface area contributed by atoms with Gasteiger partial charge in [-0.05, 0) is 12.8 Å². The summed E-state index contributed by atoms with van der Waals surface area (Å²) in [5.74, 6) is -6.43. The number of hydrogen-bond acceptors (Lipinski definition) is 1. The van der Waals surface area contributed by atoms with Gasteiger partial charge in [-0.25, -0.2) is 8.78 Å². The minimum Gasteiger partial charge on any atom is -0.348 e. The van der Waals surface area contributed by atoms with E-state index in [0.717, 1.165) is 32.1 Å². The van der Waals surface area contributed by atoms with Crippen LogP contribution in [0.3, 0.4) is 0 Å². The predicted molar refractivity (Wildman–Crippen MR) is 55.2 cm³/mol. The molecule has 0 unspecified atom stereocenters. The van der Waals surface area contributed by atoms with E-state index < -0.39 is 24.3 Å². The molecule has 0 atom stereocenters. The Morgan fingerprint density at radius 2 is 1.53 bits per heavy atom. The van der Waals surface area contributed by atoms with Crippen molar-refractivity contribution in [1.82, 2.24) is 5.32 Å². The molecule has 0 saturated heterocycles. The first-order valence-corrected chi connectivity index (χ1v) is 5.91. The molecule has 0 aromatic heterocycles. The number of rotatable bonds is 3. The zero-order chi connectivity index (χ0) is 12.9. The number of alkyl halides is 4. The zero-order valence-electron chi connectivity index (χ0n) is 9.52. The fraction of sp³-hybridized carbons (Fsp3) is 0.909. The van der Waals surface area contributed by atoms with Crippen molar-refractivity contribution in [2.45, 2.75) is 63.3 Å². The molecule has 1 amide bonds. The summed E-state index contributed by atoms with van der Waals surface area (Å²) in [6, 6.07) is -0.396. The molecule has 6 heteroatoms. The standard InChI is InChI=1S/C11H17F4NO/c12-9(13)11(14,15)10(17)16-8-6-4-2-1-3-5-7-8/h8-9H,1-7H2,(H,16,17). The predicted octanol–water partition coefficient (Wildman–Crippen LogP) is 3.12. The number of carbonyl (C=O) groups excluding carboxylic acids is 1. The Bertz CT molecular complexity index is 250. The van der Waals surface area contributed by atoms with Crippen LogP contribution in [-0.2, 0) is 4.79 Å². The van der Waals surface area contributed by atoms with Crippen molar-refractivity contribution in [1.29, 1.82) is 0 Å². The van der Waals surface area contributed by atoms with E-state index in [2.05, 4.69) is 0 Å². The van der Waals surface area contributed by atoms with Crippen molar-refractivity contribution < 1.29 is 22.4 Å². The Labute approximate surface area is 97.8 Å². The molecule has 1 N–H and O–H groups in total. The smallest absolute Gasteiger partial charge is 0.348 e. The van der Waals surface area contributed by atoms with Gasteiger partial charge in [-0.1, -0.05) is 32.1 Å². The van der Waals surface area contributed by atoms with Crippen LogP contribution in [0.4, 0.5) is 17.6 Å². The van der Waals surface area contributed by atoms with Crippen LogP contribution in [-0.4, -0.2) is 24.3 Å². The van der Waals surface area contributed by atoms with E-state index in [9.17, 15) is 22.4 Å². The monoisotopic (exact) mass is 255 g/mol. The fourth-order valence-electron chi connectivity index (χ4n) is 1.98. The van der Waals surface area contributed by atoms with Gasteiger partial charge in [0, 0.05) is 6.04 Å². The molecule has 17 heavy (non-hydrogen) atoms. The normalized spacial score (nSPS) is 19.8. The lowest BCUT2D eigenvalue weighted by molar-refractivity contribution is -0.170. The quantitative estimate of drug-likeness (QED) is 0.771. The SMILES string of the molecule is O=C(NC1CCCCCCC1)C(F)(F)C(F)F. The van der Waals surface area contributed by atoms with Crippen molar-refractivity contribution in [3.05, 3.63) is 0 Å². The van der Waals surface area contributed by atoms with Crippen molar-refractivity contribution in [3.8, 4) is 0 Å². The minimum atomic E-state index is -4.58. The highest BCUT2D eigenvalue weighted by atomic mass is 19.3. The Morgan fingerprint density at radius 3 is 2.00 bits per heavy atom. The average molecular weight is 255 g/mol. The molecule has 1 saturated carbocycles. The highest BCUT2D eigenvalue weighted by molar-refractivity contribution is 5.84. The van der Waals surface area contributed by atoms with E-state index in [1.165, 1.54) is 0 Å². The minimum absolute atomic E-state index is 0.396. The van der Waals surface area contributed by atoms with Gasteiger partial charge in [-0.3, -0.25) is 4.79 Å². The third kappa shape index (κ3) is 4.16. The maximum absolute atomic E-state index is 12.7. The van der Waals surface area contributed by atoms with Crippen LogP contribution in [0, 0.1) is 0 Å². The number of nitrogens with one attached hydrogen (secondary N) is 1. The van der Waals surface area contributed by atoms with Crippen molar-refractivity contribution in [3.63, 3.8) is 0 Å². The third-order valence-corrected chi connectivity index (χ3v) is 3.02. The van der Waals surface area contributed by atoms with Crippen LogP contribution >= 0.6 is 0 Å².